The van der Waals surface area contributed by atoms with Gasteiger partial charge in [0.2, 0.25) is 0 Å². The Morgan fingerprint density at radius 1 is 0.917 bits per heavy atom. The van der Waals surface area contributed by atoms with Crippen molar-refractivity contribution in [2.24, 2.45) is 0 Å². The minimum absolute atomic E-state index is 0.0374. The van der Waals surface area contributed by atoms with E-state index in [9.17, 15) is 19.7 Å². The molecule has 1 aromatic rings. The molecule has 2 saturated heterocycles. The number of hydrogen-bond donors (Lipinski definition) is 0. The molecular weight excluding hydrogens is 316 g/mol. The average Bonchev–Trinajstić information content (AvgIpc) is 3.12. The lowest BCUT2D eigenvalue weighted by molar-refractivity contribution is -0.402. The molecule has 0 aliphatic carbocycles. The third-order valence-electron chi connectivity index (χ3n) is 4.45. The van der Waals surface area contributed by atoms with Crippen molar-refractivity contribution in [3.63, 3.8) is 0 Å². The zero-order valence-electron chi connectivity index (χ0n) is 13.3. The zero-order chi connectivity index (χ0) is 17.1. The Kier molecular flexibility index (Phi) is 4.68. The summed E-state index contributed by atoms with van der Waals surface area (Å²) in [5.41, 5.74) is 0. The van der Waals surface area contributed by atoms with Gasteiger partial charge in [-0.3, -0.25) is 14.9 Å². The van der Waals surface area contributed by atoms with Crippen LogP contribution in [0.15, 0.2) is 16.5 Å². The summed E-state index contributed by atoms with van der Waals surface area (Å²) in [5, 5.41) is 10.6. The number of rotatable bonds is 2. The number of furan rings is 1. The summed E-state index contributed by atoms with van der Waals surface area (Å²) in [6.45, 7) is 3.32. The molecule has 3 rings (SSSR count). The summed E-state index contributed by atoms with van der Waals surface area (Å²) in [6.07, 6.45) is 3.25. The number of carbonyl (C=O) groups excluding carboxylic acids is 2. The van der Waals surface area contributed by atoms with Gasteiger partial charge in [-0.15, -0.1) is 0 Å². The van der Waals surface area contributed by atoms with Gasteiger partial charge in [0.25, 0.3) is 5.91 Å². The van der Waals surface area contributed by atoms with Gasteiger partial charge in [-0.1, -0.05) is 0 Å². The smallest absolute Gasteiger partial charge is 0.395 e. The predicted octanol–water partition coefficient (Wildman–Crippen LogP) is 1.55. The lowest BCUT2D eigenvalue weighted by Gasteiger charge is -2.38. The van der Waals surface area contributed by atoms with Crippen molar-refractivity contribution >= 4 is 17.8 Å². The second-order valence-electron chi connectivity index (χ2n) is 6.00. The molecule has 0 atom stereocenters. The summed E-state index contributed by atoms with van der Waals surface area (Å²) < 4.78 is 4.95. The maximum atomic E-state index is 12.4. The van der Waals surface area contributed by atoms with Gasteiger partial charge >= 0.3 is 11.9 Å². The molecule has 24 heavy (non-hydrogen) atoms. The Morgan fingerprint density at radius 2 is 1.50 bits per heavy atom. The molecule has 0 aromatic carbocycles. The van der Waals surface area contributed by atoms with Crippen molar-refractivity contribution in [2.45, 2.75) is 19.3 Å². The van der Waals surface area contributed by atoms with Gasteiger partial charge < -0.3 is 19.1 Å². The minimum atomic E-state index is -0.675. The first-order valence-electron chi connectivity index (χ1n) is 8.13. The van der Waals surface area contributed by atoms with Gasteiger partial charge in [0.15, 0.2) is 5.76 Å². The summed E-state index contributed by atoms with van der Waals surface area (Å²) >= 11 is 0. The van der Waals surface area contributed by atoms with E-state index in [0.717, 1.165) is 25.9 Å². The van der Waals surface area contributed by atoms with E-state index in [-0.39, 0.29) is 17.7 Å². The second-order valence-corrected chi connectivity index (χ2v) is 6.00. The fraction of sp³-hybridized carbons (Fsp3) is 0.600. The Morgan fingerprint density at radius 3 is 2.08 bits per heavy atom. The van der Waals surface area contributed by atoms with E-state index in [4.69, 9.17) is 4.42 Å². The number of nitro groups is 1. The maximum absolute atomic E-state index is 12.4. The maximum Gasteiger partial charge on any atom is 0.433 e. The number of nitrogens with zero attached hydrogens (tertiary/aromatic N) is 4. The molecule has 0 bridgehead atoms. The average molecular weight is 336 g/mol. The molecule has 1 aromatic heterocycles. The lowest BCUT2D eigenvalue weighted by atomic mass is 10.1. The third-order valence-corrected chi connectivity index (χ3v) is 4.45. The van der Waals surface area contributed by atoms with Crippen molar-refractivity contribution in [3.8, 4) is 0 Å². The summed E-state index contributed by atoms with van der Waals surface area (Å²) in [6, 6.07) is 2.52. The molecule has 3 heterocycles. The normalized spacial score (nSPS) is 18.6. The van der Waals surface area contributed by atoms with Crippen molar-refractivity contribution < 1.29 is 18.9 Å². The minimum Gasteiger partial charge on any atom is -0.395 e. The summed E-state index contributed by atoms with van der Waals surface area (Å²) in [5.74, 6) is -0.872. The van der Waals surface area contributed by atoms with Crippen LogP contribution in [0.4, 0.5) is 10.7 Å². The monoisotopic (exact) mass is 336 g/mol. The van der Waals surface area contributed by atoms with Crippen LogP contribution in [0.25, 0.3) is 0 Å². The van der Waals surface area contributed by atoms with Crippen LogP contribution in [0, 0.1) is 10.1 Å². The van der Waals surface area contributed by atoms with Gasteiger partial charge in [0.1, 0.15) is 4.92 Å². The van der Waals surface area contributed by atoms with Crippen LogP contribution in [-0.2, 0) is 0 Å². The molecule has 0 unspecified atom stereocenters. The van der Waals surface area contributed by atoms with Crippen LogP contribution < -0.4 is 0 Å². The lowest BCUT2D eigenvalue weighted by Crippen LogP contribution is -2.54. The van der Waals surface area contributed by atoms with E-state index in [1.165, 1.54) is 18.6 Å². The zero-order valence-corrected chi connectivity index (χ0v) is 13.3. The molecule has 2 aliphatic heterocycles. The molecule has 9 heteroatoms. The van der Waals surface area contributed by atoms with E-state index in [1.54, 1.807) is 9.80 Å². The van der Waals surface area contributed by atoms with Crippen molar-refractivity contribution in [3.05, 3.63) is 28.0 Å². The largest absolute Gasteiger partial charge is 0.433 e. The van der Waals surface area contributed by atoms with Crippen LogP contribution >= 0.6 is 0 Å². The number of carbonyl (C=O) groups is 2. The number of likely N-dealkylation sites (tertiary alicyclic amines) is 1. The van der Waals surface area contributed by atoms with Gasteiger partial charge in [-0.05, 0) is 25.3 Å². The SMILES string of the molecule is O=C(c1ccc([N+](=O)[O-])o1)N1CCN(C(=O)N2CCCCC2)CC1. The Balaban J connectivity index is 1.55. The molecule has 0 N–H and O–H groups in total. The highest BCUT2D eigenvalue weighted by molar-refractivity contribution is 5.92. The van der Waals surface area contributed by atoms with Crippen LogP contribution in [0.3, 0.4) is 0 Å². The number of piperidine rings is 1. The standard InChI is InChI=1S/C15H20N4O5/c20-14(12-4-5-13(24-12)19(22)23)16-8-10-18(11-9-16)15(21)17-6-2-1-3-7-17/h4-5H,1-3,6-11H2. The number of urea groups is 1. The first-order valence-corrected chi connectivity index (χ1v) is 8.13. The molecular formula is C15H20N4O5. The number of hydrogen-bond acceptors (Lipinski definition) is 5. The third kappa shape index (κ3) is 3.34. The van der Waals surface area contributed by atoms with Crippen LogP contribution in [-0.4, -0.2) is 70.8 Å². The van der Waals surface area contributed by atoms with E-state index < -0.39 is 10.8 Å². The molecule has 2 aliphatic rings. The molecule has 0 saturated carbocycles. The fourth-order valence-electron chi connectivity index (χ4n) is 3.08. The van der Waals surface area contributed by atoms with E-state index in [1.807, 2.05) is 4.90 Å². The van der Waals surface area contributed by atoms with Crippen LogP contribution in [0.1, 0.15) is 29.8 Å². The number of amides is 3. The van der Waals surface area contributed by atoms with Gasteiger partial charge in [-0.2, -0.15) is 0 Å². The van der Waals surface area contributed by atoms with Crippen LogP contribution in [0.2, 0.25) is 0 Å². The van der Waals surface area contributed by atoms with Crippen molar-refractivity contribution in [2.75, 3.05) is 39.3 Å². The molecule has 0 spiro atoms. The summed E-state index contributed by atoms with van der Waals surface area (Å²) in [7, 11) is 0. The first-order chi connectivity index (χ1) is 11.6. The van der Waals surface area contributed by atoms with E-state index in [0.29, 0.717) is 26.2 Å². The van der Waals surface area contributed by atoms with E-state index >= 15 is 0 Å². The molecule has 0 radical (unpaired) electrons. The predicted molar refractivity (Wildman–Crippen MR) is 83.7 cm³/mol. The first kappa shape index (κ1) is 16.3. The van der Waals surface area contributed by atoms with Crippen molar-refractivity contribution in [1.82, 2.24) is 14.7 Å². The molecule has 2 fully saturated rings. The Labute approximate surface area is 138 Å². The second kappa shape index (κ2) is 6.90. The van der Waals surface area contributed by atoms with Crippen molar-refractivity contribution in [1.29, 1.82) is 0 Å². The highest BCUT2D eigenvalue weighted by Crippen LogP contribution is 2.19. The van der Waals surface area contributed by atoms with E-state index in [2.05, 4.69) is 0 Å². The van der Waals surface area contributed by atoms with Gasteiger partial charge in [0, 0.05) is 39.3 Å². The van der Waals surface area contributed by atoms with Gasteiger partial charge in [0.05, 0.1) is 6.07 Å². The molecule has 9 nitrogen and oxygen atoms in total. The van der Waals surface area contributed by atoms with Gasteiger partial charge in [-0.25, -0.2) is 4.79 Å². The Hall–Kier alpha value is -2.58. The number of piperazine rings is 1. The topological polar surface area (TPSA) is 100 Å². The van der Waals surface area contributed by atoms with Crippen LogP contribution in [0.5, 0.6) is 0 Å². The molecule has 3 amide bonds. The quantitative estimate of drug-likeness (QED) is 0.602. The summed E-state index contributed by atoms with van der Waals surface area (Å²) in [4.78, 5) is 39.9. The Bertz CT molecular complexity index is 630. The highest BCUT2D eigenvalue weighted by Gasteiger charge is 2.29. The highest BCUT2D eigenvalue weighted by atomic mass is 16.6. The fourth-order valence-corrected chi connectivity index (χ4v) is 3.08. The molecule has 130 valence electrons.